The van der Waals surface area contributed by atoms with Crippen molar-refractivity contribution < 1.29 is 39.0 Å². The van der Waals surface area contributed by atoms with Crippen LogP contribution >= 0.6 is 0 Å². The molecule has 1 aromatic rings. The first-order valence-corrected chi connectivity index (χ1v) is 10.7. The van der Waals surface area contributed by atoms with Gasteiger partial charge in [0.1, 0.15) is 11.5 Å². The molecule has 8 heteroatoms. The Balaban J connectivity index is 1.48. The maximum atomic E-state index is 11.3. The van der Waals surface area contributed by atoms with Gasteiger partial charge < -0.3 is 24.4 Å². The largest absolute Gasteiger partial charge is 0.508 e. The van der Waals surface area contributed by atoms with Crippen LogP contribution in [0.2, 0.25) is 0 Å². The van der Waals surface area contributed by atoms with E-state index in [1.807, 2.05) is 6.92 Å². The standard InChI is InChI=1S/C22H28O8/c1-11-4-5-17-12(2)19(26-15-9-13(18(24)25)8-14(23)10-15)27-20-22(17)16(11)6-7-21(3,28-20)29-30-22/h8-12,16-17,19-20,23H,4-7H2,1-3H3,(H,24,25)/t11-,12-,16+,17+,19+,20-,21+,22-/m1/s1. The van der Waals surface area contributed by atoms with Crippen LogP contribution in [0.25, 0.3) is 0 Å². The highest BCUT2D eigenvalue weighted by atomic mass is 17.3. The van der Waals surface area contributed by atoms with Crippen LogP contribution in [0.1, 0.15) is 56.8 Å². The maximum Gasteiger partial charge on any atom is 0.335 e. The molecular weight excluding hydrogens is 392 g/mol. The van der Waals surface area contributed by atoms with Crippen LogP contribution in [0, 0.1) is 23.7 Å². The van der Waals surface area contributed by atoms with Gasteiger partial charge in [0.25, 0.3) is 0 Å². The van der Waals surface area contributed by atoms with Crippen LogP contribution in [0.15, 0.2) is 18.2 Å². The Morgan fingerprint density at radius 3 is 2.70 bits per heavy atom. The van der Waals surface area contributed by atoms with Crippen LogP contribution in [0.3, 0.4) is 0 Å². The Morgan fingerprint density at radius 2 is 1.93 bits per heavy atom. The summed E-state index contributed by atoms with van der Waals surface area (Å²) in [6, 6.07) is 3.96. The molecule has 5 fully saturated rings. The van der Waals surface area contributed by atoms with Gasteiger partial charge in [0.2, 0.25) is 12.1 Å². The van der Waals surface area contributed by atoms with Gasteiger partial charge in [0, 0.05) is 24.3 Å². The number of hydrogen-bond acceptors (Lipinski definition) is 7. The molecule has 1 spiro atoms. The second-order valence-electron chi connectivity index (χ2n) is 9.41. The summed E-state index contributed by atoms with van der Waals surface area (Å²) in [6.07, 6.45) is 2.37. The fourth-order valence-corrected chi connectivity index (χ4v) is 5.92. The molecule has 8 atom stereocenters. The molecule has 0 unspecified atom stereocenters. The average molecular weight is 420 g/mol. The average Bonchev–Trinajstić information content (AvgIpc) is 2.91. The third kappa shape index (κ3) is 2.92. The van der Waals surface area contributed by atoms with Gasteiger partial charge in [0.05, 0.1) is 5.56 Å². The first-order chi connectivity index (χ1) is 14.2. The lowest BCUT2D eigenvalue weighted by atomic mass is 9.58. The smallest absolute Gasteiger partial charge is 0.335 e. The fourth-order valence-electron chi connectivity index (χ4n) is 5.92. The van der Waals surface area contributed by atoms with E-state index in [1.54, 1.807) is 0 Å². The van der Waals surface area contributed by atoms with Crippen LogP contribution in [0.5, 0.6) is 11.5 Å². The molecule has 0 aromatic heterocycles. The van der Waals surface area contributed by atoms with E-state index in [0.717, 1.165) is 25.7 Å². The molecule has 8 nitrogen and oxygen atoms in total. The highest BCUT2D eigenvalue weighted by Crippen LogP contribution is 2.60. The number of ether oxygens (including phenoxy) is 3. The predicted octanol–water partition coefficient (Wildman–Crippen LogP) is 3.68. The van der Waals surface area contributed by atoms with Gasteiger partial charge in [0.15, 0.2) is 11.9 Å². The Morgan fingerprint density at radius 1 is 1.13 bits per heavy atom. The molecular formula is C22H28O8. The lowest BCUT2D eigenvalue weighted by Gasteiger charge is -2.60. The van der Waals surface area contributed by atoms with Crippen molar-refractivity contribution in [1.82, 2.24) is 0 Å². The number of carboxylic acid groups (broad SMARTS) is 1. The minimum absolute atomic E-state index is 0.0505. The molecule has 6 rings (SSSR count). The number of rotatable bonds is 3. The van der Waals surface area contributed by atoms with Crippen LogP contribution in [-0.2, 0) is 19.2 Å². The number of aromatic carboxylic acids is 1. The summed E-state index contributed by atoms with van der Waals surface area (Å²) < 4.78 is 18.7. The third-order valence-corrected chi connectivity index (χ3v) is 7.49. The van der Waals surface area contributed by atoms with Crippen molar-refractivity contribution in [3.8, 4) is 11.5 Å². The zero-order valence-corrected chi connectivity index (χ0v) is 17.4. The molecule has 1 aliphatic carbocycles. The Hall–Kier alpha value is -1.87. The number of phenolic OH excluding ortho intramolecular Hbond substituents is 1. The van der Waals surface area contributed by atoms with E-state index < -0.39 is 29.9 Å². The van der Waals surface area contributed by atoms with E-state index in [0.29, 0.717) is 5.92 Å². The quantitative estimate of drug-likeness (QED) is 0.714. The Kier molecular flexibility index (Phi) is 4.56. The summed E-state index contributed by atoms with van der Waals surface area (Å²) >= 11 is 0. The molecule has 164 valence electrons. The molecule has 30 heavy (non-hydrogen) atoms. The van der Waals surface area contributed by atoms with Crippen molar-refractivity contribution in [2.75, 3.05) is 0 Å². The molecule has 0 amide bonds. The topological polar surface area (TPSA) is 104 Å². The van der Waals surface area contributed by atoms with E-state index >= 15 is 0 Å². The van der Waals surface area contributed by atoms with Gasteiger partial charge in [-0.3, -0.25) is 0 Å². The zero-order valence-electron chi connectivity index (χ0n) is 17.4. The first-order valence-electron chi connectivity index (χ1n) is 10.7. The van der Waals surface area contributed by atoms with E-state index in [1.165, 1.54) is 18.2 Å². The summed E-state index contributed by atoms with van der Waals surface area (Å²) in [4.78, 5) is 23.2. The lowest BCUT2D eigenvalue weighted by Crippen LogP contribution is -2.70. The van der Waals surface area contributed by atoms with Crippen molar-refractivity contribution in [2.24, 2.45) is 23.7 Å². The molecule has 2 N–H and O–H groups in total. The molecule has 4 heterocycles. The highest BCUT2D eigenvalue weighted by Gasteiger charge is 2.69. The van der Waals surface area contributed by atoms with E-state index in [9.17, 15) is 15.0 Å². The van der Waals surface area contributed by atoms with Gasteiger partial charge in [-0.2, -0.15) is 0 Å². The molecule has 1 saturated carbocycles. The predicted molar refractivity (Wildman–Crippen MR) is 103 cm³/mol. The lowest BCUT2D eigenvalue weighted by molar-refractivity contribution is -0.575. The van der Waals surface area contributed by atoms with Gasteiger partial charge in [-0.25, -0.2) is 14.6 Å². The zero-order chi connectivity index (χ0) is 21.3. The SMILES string of the molecule is C[C@H]1[C@@H](Oc2cc(O)cc(C(=O)O)c2)O[C@@H]2O[C@]3(C)CC[C@H]4[C@H](C)CC[C@@H]1[C@@]24OO3. The fraction of sp³-hybridized carbons (Fsp3) is 0.682. The molecule has 2 bridgehead atoms. The van der Waals surface area contributed by atoms with Crippen molar-refractivity contribution in [2.45, 2.75) is 70.4 Å². The molecule has 1 aromatic carbocycles. The number of aromatic hydroxyl groups is 1. The highest BCUT2D eigenvalue weighted by molar-refractivity contribution is 5.88. The van der Waals surface area contributed by atoms with Gasteiger partial charge >= 0.3 is 5.97 Å². The summed E-state index contributed by atoms with van der Waals surface area (Å²) in [7, 11) is 0. The van der Waals surface area contributed by atoms with Crippen LogP contribution < -0.4 is 4.74 Å². The number of fused-ring (bicyclic) bond motifs is 2. The number of carboxylic acids is 1. The number of benzene rings is 1. The van der Waals surface area contributed by atoms with Crippen molar-refractivity contribution in [3.63, 3.8) is 0 Å². The second-order valence-corrected chi connectivity index (χ2v) is 9.41. The summed E-state index contributed by atoms with van der Waals surface area (Å²) in [5.41, 5.74) is -0.733. The van der Waals surface area contributed by atoms with Crippen LogP contribution in [0.4, 0.5) is 0 Å². The van der Waals surface area contributed by atoms with Crippen molar-refractivity contribution >= 4 is 5.97 Å². The second kappa shape index (κ2) is 6.82. The minimum Gasteiger partial charge on any atom is -0.508 e. The third-order valence-electron chi connectivity index (χ3n) is 7.49. The van der Waals surface area contributed by atoms with Gasteiger partial charge in [-0.1, -0.05) is 13.8 Å². The normalized spacial score (nSPS) is 44.8. The Labute approximate surface area is 174 Å². The number of hydrogen-bond donors (Lipinski definition) is 2. The minimum atomic E-state index is -1.14. The van der Waals surface area contributed by atoms with Gasteiger partial charge in [-0.15, -0.1) is 0 Å². The molecule has 5 aliphatic rings. The number of carbonyl (C=O) groups is 1. The van der Waals surface area contributed by atoms with E-state index in [-0.39, 0.29) is 34.8 Å². The monoisotopic (exact) mass is 420 g/mol. The maximum absolute atomic E-state index is 11.3. The van der Waals surface area contributed by atoms with Crippen molar-refractivity contribution in [1.29, 1.82) is 0 Å². The van der Waals surface area contributed by atoms with Gasteiger partial charge in [-0.05, 0) is 50.2 Å². The van der Waals surface area contributed by atoms with Crippen LogP contribution in [-0.4, -0.2) is 40.2 Å². The Bertz CT molecular complexity index is 858. The first kappa shape index (κ1) is 20.1. The molecule has 4 aliphatic heterocycles. The van der Waals surface area contributed by atoms with E-state index in [2.05, 4.69) is 13.8 Å². The number of phenols is 1. The van der Waals surface area contributed by atoms with E-state index in [4.69, 9.17) is 24.0 Å². The summed E-state index contributed by atoms with van der Waals surface area (Å²) in [5, 5.41) is 19.2. The summed E-state index contributed by atoms with van der Waals surface area (Å²) in [6.45, 7) is 6.17. The molecule has 0 radical (unpaired) electrons. The molecule has 4 saturated heterocycles. The summed E-state index contributed by atoms with van der Waals surface area (Å²) in [5.74, 6) is -1.18. The van der Waals surface area contributed by atoms with Crippen molar-refractivity contribution in [3.05, 3.63) is 23.8 Å².